The van der Waals surface area contributed by atoms with Crippen LogP contribution in [0.2, 0.25) is 0 Å². The maximum absolute atomic E-state index is 11.4. The van der Waals surface area contributed by atoms with Crippen LogP contribution in [0.1, 0.15) is 24.0 Å². The minimum Gasteiger partial charge on any atom is -0.409 e. The van der Waals surface area contributed by atoms with Gasteiger partial charge in [-0.05, 0) is 24.5 Å². The summed E-state index contributed by atoms with van der Waals surface area (Å²) >= 11 is 0. The van der Waals surface area contributed by atoms with Crippen molar-refractivity contribution in [1.82, 2.24) is 10.6 Å². The summed E-state index contributed by atoms with van der Waals surface area (Å²) in [5.74, 6) is 0.0549. The largest absolute Gasteiger partial charge is 0.409 e. The standard InChI is InChI=1S/C12H16N4O2/c13-11(16-18)9-3-1-2-8(6-9)7-14-12(17)15-10-4-5-10/h1-3,6,10,18H,4-5,7H2,(H2,13,16)(H2,14,15,17). The molecule has 1 aromatic carbocycles. The number of rotatable bonds is 4. The van der Waals surface area contributed by atoms with Crippen molar-refractivity contribution < 1.29 is 10.0 Å². The lowest BCUT2D eigenvalue weighted by atomic mass is 10.1. The first-order chi connectivity index (χ1) is 8.69. The van der Waals surface area contributed by atoms with Crippen LogP contribution in [0.5, 0.6) is 0 Å². The maximum atomic E-state index is 11.4. The average Bonchev–Trinajstić information content (AvgIpc) is 3.19. The van der Waals surface area contributed by atoms with Crippen LogP contribution in [-0.4, -0.2) is 23.1 Å². The molecule has 0 radical (unpaired) electrons. The molecule has 18 heavy (non-hydrogen) atoms. The van der Waals surface area contributed by atoms with E-state index < -0.39 is 0 Å². The molecule has 5 N–H and O–H groups in total. The van der Waals surface area contributed by atoms with Gasteiger partial charge in [-0.25, -0.2) is 4.79 Å². The molecule has 0 bridgehead atoms. The van der Waals surface area contributed by atoms with Gasteiger partial charge in [-0.2, -0.15) is 0 Å². The Bertz CT molecular complexity index is 469. The van der Waals surface area contributed by atoms with E-state index in [0.29, 0.717) is 18.2 Å². The molecule has 0 aliphatic heterocycles. The van der Waals surface area contributed by atoms with E-state index in [1.54, 1.807) is 18.2 Å². The Labute approximate surface area is 105 Å². The highest BCUT2D eigenvalue weighted by atomic mass is 16.4. The molecule has 96 valence electrons. The number of benzene rings is 1. The minimum absolute atomic E-state index is 0.0549. The topological polar surface area (TPSA) is 99.7 Å². The number of carbonyl (C=O) groups excluding carboxylic acids is 1. The molecule has 0 aromatic heterocycles. The average molecular weight is 248 g/mol. The zero-order chi connectivity index (χ0) is 13.0. The number of urea groups is 1. The number of hydrogen-bond acceptors (Lipinski definition) is 3. The Morgan fingerprint density at radius 2 is 2.28 bits per heavy atom. The van der Waals surface area contributed by atoms with Crippen LogP contribution in [0.3, 0.4) is 0 Å². The molecule has 6 nitrogen and oxygen atoms in total. The van der Waals surface area contributed by atoms with Crippen molar-refractivity contribution in [2.24, 2.45) is 10.9 Å². The zero-order valence-corrected chi connectivity index (χ0v) is 9.89. The van der Waals surface area contributed by atoms with Crippen molar-refractivity contribution in [2.45, 2.75) is 25.4 Å². The second kappa shape index (κ2) is 5.39. The Balaban J connectivity index is 1.90. The van der Waals surface area contributed by atoms with Crippen LogP contribution in [0.4, 0.5) is 4.79 Å². The van der Waals surface area contributed by atoms with Gasteiger partial charge < -0.3 is 21.6 Å². The molecule has 1 aromatic rings. The van der Waals surface area contributed by atoms with E-state index in [0.717, 1.165) is 18.4 Å². The molecule has 1 aliphatic carbocycles. The number of oxime groups is 1. The van der Waals surface area contributed by atoms with Crippen LogP contribution >= 0.6 is 0 Å². The smallest absolute Gasteiger partial charge is 0.315 e. The third-order valence-electron chi connectivity index (χ3n) is 2.70. The third-order valence-corrected chi connectivity index (χ3v) is 2.70. The second-order valence-electron chi connectivity index (χ2n) is 4.29. The van der Waals surface area contributed by atoms with Crippen LogP contribution in [-0.2, 0) is 6.54 Å². The number of hydrogen-bond donors (Lipinski definition) is 4. The molecular formula is C12H16N4O2. The van der Waals surface area contributed by atoms with Crippen molar-refractivity contribution in [2.75, 3.05) is 0 Å². The lowest BCUT2D eigenvalue weighted by Crippen LogP contribution is -2.36. The lowest BCUT2D eigenvalue weighted by Gasteiger charge is -2.07. The maximum Gasteiger partial charge on any atom is 0.315 e. The first-order valence-corrected chi connectivity index (χ1v) is 5.80. The Hall–Kier alpha value is -2.24. The van der Waals surface area contributed by atoms with Crippen molar-refractivity contribution >= 4 is 11.9 Å². The highest BCUT2D eigenvalue weighted by molar-refractivity contribution is 5.97. The number of amidine groups is 1. The number of nitrogens with one attached hydrogen (secondary N) is 2. The summed E-state index contributed by atoms with van der Waals surface area (Å²) in [5.41, 5.74) is 7.01. The molecule has 0 saturated heterocycles. The normalized spacial score (nSPS) is 15.2. The Morgan fingerprint density at radius 1 is 1.50 bits per heavy atom. The van der Waals surface area contributed by atoms with Crippen molar-refractivity contribution in [3.05, 3.63) is 35.4 Å². The summed E-state index contributed by atoms with van der Waals surface area (Å²) in [6.45, 7) is 0.408. The van der Waals surface area contributed by atoms with E-state index in [9.17, 15) is 4.79 Å². The van der Waals surface area contributed by atoms with Gasteiger partial charge in [0.15, 0.2) is 5.84 Å². The van der Waals surface area contributed by atoms with Gasteiger partial charge in [0.25, 0.3) is 0 Å². The molecule has 1 saturated carbocycles. The fourth-order valence-corrected chi connectivity index (χ4v) is 1.54. The third kappa shape index (κ3) is 3.38. The van der Waals surface area contributed by atoms with E-state index in [1.807, 2.05) is 6.07 Å². The number of carbonyl (C=O) groups is 1. The van der Waals surface area contributed by atoms with Gasteiger partial charge in [0.1, 0.15) is 0 Å². The first kappa shape index (κ1) is 12.2. The lowest BCUT2D eigenvalue weighted by molar-refractivity contribution is 0.240. The second-order valence-corrected chi connectivity index (χ2v) is 4.29. The van der Waals surface area contributed by atoms with Crippen molar-refractivity contribution in [3.8, 4) is 0 Å². The molecule has 0 heterocycles. The van der Waals surface area contributed by atoms with E-state index in [2.05, 4.69) is 15.8 Å². The Morgan fingerprint density at radius 3 is 2.94 bits per heavy atom. The van der Waals surface area contributed by atoms with Gasteiger partial charge in [0.05, 0.1) is 0 Å². The van der Waals surface area contributed by atoms with Gasteiger partial charge in [-0.3, -0.25) is 0 Å². The van der Waals surface area contributed by atoms with Crippen LogP contribution < -0.4 is 16.4 Å². The van der Waals surface area contributed by atoms with Gasteiger partial charge in [0, 0.05) is 18.2 Å². The molecule has 0 unspecified atom stereocenters. The van der Waals surface area contributed by atoms with E-state index in [1.165, 1.54) is 0 Å². The Kier molecular flexibility index (Phi) is 3.66. The summed E-state index contributed by atoms with van der Waals surface area (Å²) in [7, 11) is 0. The molecule has 0 atom stereocenters. The molecule has 1 aliphatic rings. The molecule has 2 amide bonds. The van der Waals surface area contributed by atoms with Crippen LogP contribution in [0.25, 0.3) is 0 Å². The predicted octanol–water partition coefficient (Wildman–Crippen LogP) is 0.743. The molecule has 2 rings (SSSR count). The summed E-state index contributed by atoms with van der Waals surface area (Å²) in [6.07, 6.45) is 2.12. The SMILES string of the molecule is N/C(=N\O)c1cccc(CNC(=O)NC2CC2)c1. The summed E-state index contributed by atoms with van der Waals surface area (Å²) in [6, 6.07) is 7.35. The monoisotopic (exact) mass is 248 g/mol. The van der Waals surface area contributed by atoms with E-state index >= 15 is 0 Å². The quantitative estimate of drug-likeness (QED) is 0.274. The van der Waals surface area contributed by atoms with Gasteiger partial charge >= 0.3 is 6.03 Å². The van der Waals surface area contributed by atoms with Gasteiger partial charge in [0.2, 0.25) is 0 Å². The van der Waals surface area contributed by atoms with Crippen LogP contribution in [0.15, 0.2) is 29.4 Å². The summed E-state index contributed by atoms with van der Waals surface area (Å²) in [5, 5.41) is 17.1. The predicted molar refractivity (Wildman–Crippen MR) is 67.3 cm³/mol. The van der Waals surface area contributed by atoms with Gasteiger partial charge in [-0.15, -0.1) is 0 Å². The summed E-state index contributed by atoms with van der Waals surface area (Å²) in [4.78, 5) is 11.4. The fraction of sp³-hybridized carbons (Fsp3) is 0.333. The molecular weight excluding hydrogens is 232 g/mol. The van der Waals surface area contributed by atoms with Gasteiger partial charge in [-0.1, -0.05) is 23.4 Å². The zero-order valence-electron chi connectivity index (χ0n) is 9.89. The molecule has 0 spiro atoms. The number of amides is 2. The van der Waals surface area contributed by atoms with Crippen molar-refractivity contribution in [3.63, 3.8) is 0 Å². The molecule has 1 fully saturated rings. The minimum atomic E-state index is -0.160. The van der Waals surface area contributed by atoms with E-state index in [4.69, 9.17) is 10.9 Å². The number of nitrogens with zero attached hydrogens (tertiary/aromatic N) is 1. The van der Waals surface area contributed by atoms with Crippen molar-refractivity contribution in [1.29, 1.82) is 0 Å². The first-order valence-electron chi connectivity index (χ1n) is 5.80. The number of nitrogens with two attached hydrogens (primary N) is 1. The highest BCUT2D eigenvalue weighted by Crippen LogP contribution is 2.18. The van der Waals surface area contributed by atoms with Crippen LogP contribution in [0, 0.1) is 0 Å². The highest BCUT2D eigenvalue weighted by Gasteiger charge is 2.22. The summed E-state index contributed by atoms with van der Waals surface area (Å²) < 4.78 is 0. The van der Waals surface area contributed by atoms with E-state index in [-0.39, 0.29) is 11.9 Å². The molecule has 6 heteroatoms. The fourth-order valence-electron chi connectivity index (χ4n) is 1.54.